The molecule has 3 aromatic carbocycles. The van der Waals surface area contributed by atoms with Gasteiger partial charge in [0.15, 0.2) is 0 Å². The first-order chi connectivity index (χ1) is 44.7. The SMILES string of the molecule is BC1CCN(C(=O)c2cc(C(=O)N[C@H]3CC[C@@H](NC(=O)c4cc(C(=O)N[C@H]5CC[C@@H](NC(=O)c6cc(C(=O)N7CCC(N)CC7)c(OCCCCCN)cc6OCCCCCN)CC5)c(OC)cc4OC)CC3)c(OCCCCCN)cc2OCCCCCN)CC1. The lowest BCUT2D eigenvalue weighted by molar-refractivity contribution is 0.0705. The average Bonchev–Trinajstić information content (AvgIpc) is 1.27. The molecule has 7 rings (SSSR count). The number of nitrogens with two attached hydrogens (primary N) is 5. The molecule has 508 valence electrons. The van der Waals surface area contributed by atoms with Crippen molar-refractivity contribution in [1.29, 1.82) is 0 Å². The van der Waals surface area contributed by atoms with E-state index < -0.39 is 11.8 Å². The van der Waals surface area contributed by atoms with E-state index in [-0.39, 0.29) is 87.6 Å². The third kappa shape index (κ3) is 21.6. The van der Waals surface area contributed by atoms with Gasteiger partial charge in [0, 0.05) is 74.6 Å². The summed E-state index contributed by atoms with van der Waals surface area (Å²) in [5.41, 5.74) is 30.6. The molecule has 6 amide bonds. The van der Waals surface area contributed by atoms with Crippen molar-refractivity contribution in [2.75, 3.05) is 93.0 Å². The van der Waals surface area contributed by atoms with Crippen molar-refractivity contribution in [2.24, 2.45) is 28.7 Å². The van der Waals surface area contributed by atoms with Crippen molar-refractivity contribution in [3.8, 4) is 34.5 Å². The van der Waals surface area contributed by atoms with Crippen LogP contribution in [0.4, 0.5) is 0 Å². The monoisotopic (exact) mass is 1280 g/mol. The Morgan fingerprint density at radius 3 is 0.935 bits per heavy atom. The van der Waals surface area contributed by atoms with Gasteiger partial charge in [0.25, 0.3) is 35.4 Å². The van der Waals surface area contributed by atoms with Crippen LogP contribution in [0, 0.1) is 0 Å². The number of methoxy groups -OCH3 is 2. The Labute approximate surface area is 545 Å². The average molecular weight is 1280 g/mol. The van der Waals surface area contributed by atoms with Crippen molar-refractivity contribution in [3.05, 3.63) is 69.8 Å². The molecule has 2 heterocycles. The maximum Gasteiger partial charge on any atom is 0.257 e. The minimum Gasteiger partial charge on any atom is -0.496 e. The molecule has 2 saturated heterocycles. The smallest absolute Gasteiger partial charge is 0.257 e. The number of carbonyl (C=O) groups excluding carboxylic acids is 6. The van der Waals surface area contributed by atoms with Gasteiger partial charge in [-0.05, 0) is 198 Å². The van der Waals surface area contributed by atoms with E-state index in [2.05, 4.69) is 29.1 Å². The molecule has 24 heteroatoms. The summed E-state index contributed by atoms with van der Waals surface area (Å²) in [6.45, 7) is 6.01. The van der Waals surface area contributed by atoms with E-state index in [1.54, 1.807) is 29.2 Å². The zero-order valence-electron chi connectivity index (χ0n) is 55.1. The zero-order valence-corrected chi connectivity index (χ0v) is 55.1. The highest BCUT2D eigenvalue weighted by molar-refractivity contribution is 6.12. The Kier molecular flexibility index (Phi) is 30.3. The Hall–Kier alpha value is -6.86. The van der Waals surface area contributed by atoms with E-state index in [0.29, 0.717) is 183 Å². The number of hydrogen-bond acceptors (Lipinski definition) is 17. The molecule has 0 atom stereocenters. The molecular weight excluding hydrogens is 1170 g/mol. The van der Waals surface area contributed by atoms with Crippen molar-refractivity contribution in [1.82, 2.24) is 31.1 Å². The van der Waals surface area contributed by atoms with Crippen LogP contribution in [0.25, 0.3) is 0 Å². The molecular formula is C68H106BN11O12. The number of likely N-dealkylation sites (tertiary alicyclic amines) is 2. The molecule has 92 heavy (non-hydrogen) atoms. The number of ether oxygens (including phenoxy) is 6. The number of benzene rings is 3. The zero-order chi connectivity index (χ0) is 65.8. The van der Waals surface area contributed by atoms with Gasteiger partial charge in [0.2, 0.25) is 0 Å². The molecule has 2 aliphatic carbocycles. The van der Waals surface area contributed by atoms with E-state index in [1.807, 2.05) is 4.90 Å². The summed E-state index contributed by atoms with van der Waals surface area (Å²) < 4.78 is 36.6. The standard InChI is InChI=1S/C68H106BN11O12/c1-87-57-42-58(88-2)52(64(82)76-48-17-21-50(22-18-48)78-66(84)54-41-56(68(86)80-33-25-46(74)26-34-80)62(92-38-14-6-10-30-73)44-60(54)90-36-12-4-8-28-71)39-51(57)63(81)75-47-15-19-49(20-16-47)77-65(83)53-40-55(67(85)79-31-23-45(69)24-32-79)61(91-37-13-5-9-29-72)43-59(53)89-35-11-3-7-27-70/h39-50H,3-38,69-74H2,1-2H3,(H,75,81)(H,76,82)(H,77,83)(H,78,84)/t47-,48-,49+,50+. The molecule has 0 radical (unpaired) electrons. The maximum absolute atomic E-state index is 14.4. The minimum atomic E-state index is -0.427. The fourth-order valence-corrected chi connectivity index (χ4v) is 12.4. The first kappa shape index (κ1) is 72.6. The van der Waals surface area contributed by atoms with Crippen molar-refractivity contribution < 1.29 is 57.2 Å². The Morgan fingerprint density at radius 2 is 0.641 bits per heavy atom. The number of nitrogens with zero attached hydrogens (tertiary/aromatic N) is 2. The normalized spacial score (nSPS) is 18.7. The summed E-state index contributed by atoms with van der Waals surface area (Å²) in [6.07, 6.45) is 17.5. The van der Waals surface area contributed by atoms with Gasteiger partial charge in [-0.2, -0.15) is 0 Å². The highest BCUT2D eigenvalue weighted by Crippen LogP contribution is 2.36. The number of rotatable bonds is 36. The van der Waals surface area contributed by atoms with Gasteiger partial charge in [-0.15, -0.1) is 0 Å². The van der Waals surface area contributed by atoms with E-state index in [0.717, 1.165) is 89.9 Å². The van der Waals surface area contributed by atoms with Crippen LogP contribution in [-0.4, -0.2) is 176 Å². The number of nitrogens with one attached hydrogen (secondary N) is 4. The summed E-state index contributed by atoms with van der Waals surface area (Å²) in [7, 11) is 5.10. The summed E-state index contributed by atoms with van der Waals surface area (Å²) in [6, 6.07) is 8.71. The summed E-state index contributed by atoms with van der Waals surface area (Å²) in [4.78, 5) is 89.4. The molecule has 0 aromatic heterocycles. The molecule has 0 bridgehead atoms. The van der Waals surface area contributed by atoms with Crippen molar-refractivity contribution in [3.63, 3.8) is 0 Å². The molecule has 2 saturated carbocycles. The highest BCUT2D eigenvalue weighted by atomic mass is 16.5. The number of piperidine rings is 2. The fraction of sp³-hybridized carbons (Fsp3) is 0.647. The van der Waals surface area contributed by atoms with Gasteiger partial charge < -0.3 is 88.2 Å². The first-order valence-electron chi connectivity index (χ1n) is 34.2. The molecule has 4 fully saturated rings. The lowest BCUT2D eigenvalue weighted by Gasteiger charge is -2.31. The Bertz CT molecular complexity index is 2670. The molecule has 2 aliphatic heterocycles. The first-order valence-corrected chi connectivity index (χ1v) is 34.2. The molecule has 3 aromatic rings. The van der Waals surface area contributed by atoms with Crippen LogP contribution in [-0.2, 0) is 0 Å². The lowest BCUT2D eigenvalue weighted by atomic mass is 9.79. The van der Waals surface area contributed by atoms with Gasteiger partial charge >= 0.3 is 0 Å². The highest BCUT2D eigenvalue weighted by Gasteiger charge is 2.34. The largest absolute Gasteiger partial charge is 0.496 e. The third-order valence-corrected chi connectivity index (χ3v) is 18.2. The summed E-state index contributed by atoms with van der Waals surface area (Å²) in [5, 5.41) is 12.7. The second kappa shape index (κ2) is 38.4. The molecule has 14 N–H and O–H groups in total. The summed E-state index contributed by atoms with van der Waals surface area (Å²) in [5.74, 6) is 0.407. The Balaban J connectivity index is 0.977. The van der Waals surface area contributed by atoms with Crippen LogP contribution in [0.2, 0.25) is 5.82 Å². The molecule has 0 spiro atoms. The van der Waals surface area contributed by atoms with Crippen LogP contribution in [0.15, 0.2) is 36.4 Å². The molecule has 0 unspecified atom stereocenters. The topological polar surface area (TPSA) is 343 Å². The van der Waals surface area contributed by atoms with Crippen molar-refractivity contribution >= 4 is 43.3 Å². The number of carbonyl (C=O) groups is 6. The van der Waals surface area contributed by atoms with Gasteiger partial charge in [-0.25, -0.2) is 0 Å². The fourth-order valence-electron chi connectivity index (χ4n) is 12.4. The van der Waals surface area contributed by atoms with E-state index >= 15 is 0 Å². The number of unbranched alkanes of at least 4 members (excludes halogenated alkanes) is 8. The maximum atomic E-state index is 14.4. The Morgan fingerprint density at radius 1 is 0.380 bits per heavy atom. The summed E-state index contributed by atoms with van der Waals surface area (Å²) >= 11 is 0. The van der Waals surface area contributed by atoms with Gasteiger partial charge in [0.1, 0.15) is 42.3 Å². The second-order valence-electron chi connectivity index (χ2n) is 25.3. The second-order valence-corrected chi connectivity index (χ2v) is 25.3. The quantitative estimate of drug-likeness (QED) is 0.0242. The van der Waals surface area contributed by atoms with Crippen LogP contribution in [0.3, 0.4) is 0 Å². The van der Waals surface area contributed by atoms with E-state index in [9.17, 15) is 28.8 Å². The lowest BCUT2D eigenvalue weighted by Crippen LogP contribution is -2.44. The van der Waals surface area contributed by atoms with E-state index in [4.69, 9.17) is 57.1 Å². The van der Waals surface area contributed by atoms with Crippen molar-refractivity contribution in [2.45, 2.75) is 190 Å². The molecule has 4 aliphatic rings. The number of amides is 6. The van der Waals surface area contributed by atoms with Gasteiger partial charge in [-0.1, -0.05) is 5.82 Å². The van der Waals surface area contributed by atoms with Crippen LogP contribution in [0.1, 0.15) is 216 Å². The van der Waals surface area contributed by atoms with Gasteiger partial charge in [0.05, 0.1) is 74.0 Å². The van der Waals surface area contributed by atoms with Crippen LogP contribution in [0.5, 0.6) is 34.5 Å². The number of hydrogen-bond donors (Lipinski definition) is 9. The molecule has 23 nitrogen and oxygen atoms in total. The predicted octanol–water partition coefficient (Wildman–Crippen LogP) is 5.90. The third-order valence-electron chi connectivity index (χ3n) is 18.2. The van der Waals surface area contributed by atoms with Crippen LogP contribution < -0.4 is 78.4 Å². The van der Waals surface area contributed by atoms with Crippen LogP contribution >= 0.6 is 0 Å². The van der Waals surface area contributed by atoms with Gasteiger partial charge in [-0.3, -0.25) is 28.8 Å². The predicted molar refractivity (Wildman–Crippen MR) is 359 cm³/mol. The minimum absolute atomic E-state index is 0.0204. The van der Waals surface area contributed by atoms with E-state index in [1.165, 1.54) is 26.4 Å².